The van der Waals surface area contributed by atoms with Gasteiger partial charge in [-0.3, -0.25) is 9.69 Å². The number of nitrogens with one attached hydrogen (secondary N) is 1. The number of anilines is 2. The average molecular weight is 404 g/mol. The molecule has 154 valence electrons. The summed E-state index contributed by atoms with van der Waals surface area (Å²) in [5, 5.41) is 3.48. The van der Waals surface area contributed by atoms with E-state index in [1.54, 1.807) is 19.1 Å². The lowest BCUT2D eigenvalue weighted by Crippen LogP contribution is -2.32. The predicted octanol–water partition coefficient (Wildman–Crippen LogP) is 4.87. The van der Waals surface area contributed by atoms with Gasteiger partial charge in [0.15, 0.2) is 0 Å². The molecule has 0 saturated heterocycles. The van der Waals surface area contributed by atoms with Crippen molar-refractivity contribution in [2.24, 2.45) is 0 Å². The number of carbonyl (C=O) groups is 1. The van der Waals surface area contributed by atoms with Gasteiger partial charge < -0.3 is 19.5 Å². The molecule has 6 nitrogen and oxygen atoms in total. The number of methoxy groups -OCH3 is 2. The van der Waals surface area contributed by atoms with Gasteiger partial charge in [-0.15, -0.1) is 0 Å². The molecule has 1 aliphatic heterocycles. The second-order valence-corrected chi connectivity index (χ2v) is 6.80. The molecule has 1 amide bonds. The monoisotopic (exact) mass is 404 g/mol. The molecular formula is C24H24N2O4. The summed E-state index contributed by atoms with van der Waals surface area (Å²) < 4.78 is 16.4. The molecule has 1 atom stereocenters. The Morgan fingerprint density at radius 3 is 2.37 bits per heavy atom. The smallest absolute Gasteiger partial charge is 0.260 e. The SMILES string of the molecule is CCOc1ccc(N2C(=O)c3ccccc3C2Nc2cc(OC)ccc2OC)cc1. The van der Waals surface area contributed by atoms with E-state index in [9.17, 15) is 4.79 Å². The average Bonchev–Trinajstić information content (AvgIpc) is 3.06. The number of amides is 1. The number of carbonyl (C=O) groups excluding carboxylic acids is 1. The van der Waals surface area contributed by atoms with Gasteiger partial charge in [0.1, 0.15) is 23.4 Å². The summed E-state index contributed by atoms with van der Waals surface area (Å²) in [6.07, 6.45) is -0.396. The lowest BCUT2D eigenvalue weighted by molar-refractivity contribution is 0.0993. The van der Waals surface area contributed by atoms with Gasteiger partial charge in [0, 0.05) is 22.9 Å². The Morgan fingerprint density at radius 1 is 0.933 bits per heavy atom. The van der Waals surface area contributed by atoms with E-state index in [-0.39, 0.29) is 5.91 Å². The number of hydrogen-bond acceptors (Lipinski definition) is 5. The Labute approximate surface area is 176 Å². The Balaban J connectivity index is 1.75. The molecule has 1 unspecified atom stereocenters. The van der Waals surface area contributed by atoms with Gasteiger partial charge in [0.25, 0.3) is 5.91 Å². The summed E-state index contributed by atoms with van der Waals surface area (Å²) in [5.41, 5.74) is 3.09. The topological polar surface area (TPSA) is 60.0 Å². The van der Waals surface area contributed by atoms with Crippen molar-refractivity contribution in [3.05, 3.63) is 77.9 Å². The van der Waals surface area contributed by atoms with E-state index in [0.29, 0.717) is 23.7 Å². The Bertz CT molecular complexity index is 1050. The maximum Gasteiger partial charge on any atom is 0.260 e. The molecular weight excluding hydrogens is 380 g/mol. The summed E-state index contributed by atoms with van der Waals surface area (Å²) in [7, 11) is 3.23. The Hall–Kier alpha value is -3.67. The van der Waals surface area contributed by atoms with Crippen molar-refractivity contribution in [1.29, 1.82) is 0 Å². The summed E-state index contributed by atoms with van der Waals surface area (Å²) in [5.74, 6) is 2.07. The largest absolute Gasteiger partial charge is 0.497 e. The minimum Gasteiger partial charge on any atom is -0.497 e. The second-order valence-electron chi connectivity index (χ2n) is 6.80. The zero-order chi connectivity index (χ0) is 21.1. The van der Waals surface area contributed by atoms with Crippen LogP contribution in [0.1, 0.15) is 29.0 Å². The van der Waals surface area contributed by atoms with Crippen LogP contribution in [0, 0.1) is 0 Å². The molecule has 0 saturated carbocycles. The number of benzene rings is 3. The molecule has 6 heteroatoms. The molecule has 1 aliphatic rings. The van der Waals surface area contributed by atoms with Gasteiger partial charge in [0.05, 0.1) is 26.5 Å². The maximum atomic E-state index is 13.3. The van der Waals surface area contributed by atoms with Crippen LogP contribution in [0.15, 0.2) is 66.7 Å². The van der Waals surface area contributed by atoms with Gasteiger partial charge in [0.2, 0.25) is 0 Å². The molecule has 30 heavy (non-hydrogen) atoms. The van der Waals surface area contributed by atoms with Gasteiger partial charge >= 0.3 is 0 Å². The summed E-state index contributed by atoms with van der Waals surface area (Å²) in [6.45, 7) is 2.53. The van der Waals surface area contributed by atoms with Crippen LogP contribution < -0.4 is 24.4 Å². The van der Waals surface area contributed by atoms with Crippen molar-refractivity contribution in [3.63, 3.8) is 0 Å². The molecule has 0 aliphatic carbocycles. The third-order valence-electron chi connectivity index (χ3n) is 5.09. The third-order valence-corrected chi connectivity index (χ3v) is 5.09. The van der Waals surface area contributed by atoms with Gasteiger partial charge in [-0.2, -0.15) is 0 Å². The first kappa shape index (κ1) is 19.6. The van der Waals surface area contributed by atoms with Crippen molar-refractivity contribution in [2.75, 3.05) is 31.0 Å². The highest BCUT2D eigenvalue weighted by Crippen LogP contribution is 2.40. The predicted molar refractivity (Wildman–Crippen MR) is 117 cm³/mol. The van der Waals surface area contributed by atoms with Gasteiger partial charge in [-0.25, -0.2) is 0 Å². The van der Waals surface area contributed by atoms with Crippen LogP contribution in [0.4, 0.5) is 11.4 Å². The lowest BCUT2D eigenvalue weighted by Gasteiger charge is -2.28. The molecule has 0 spiro atoms. The highest BCUT2D eigenvalue weighted by Gasteiger charge is 2.38. The van der Waals surface area contributed by atoms with Crippen LogP contribution in [0.5, 0.6) is 17.2 Å². The molecule has 0 fully saturated rings. The highest BCUT2D eigenvalue weighted by atomic mass is 16.5. The third kappa shape index (κ3) is 3.52. The van der Waals surface area contributed by atoms with Crippen LogP contribution in [0.2, 0.25) is 0 Å². The zero-order valence-electron chi connectivity index (χ0n) is 17.2. The first-order chi connectivity index (χ1) is 14.7. The zero-order valence-corrected chi connectivity index (χ0v) is 17.2. The van der Waals surface area contributed by atoms with Crippen LogP contribution in [0.3, 0.4) is 0 Å². The van der Waals surface area contributed by atoms with E-state index >= 15 is 0 Å². The molecule has 3 aromatic carbocycles. The van der Waals surface area contributed by atoms with Crippen LogP contribution in [-0.2, 0) is 0 Å². The highest BCUT2D eigenvalue weighted by molar-refractivity contribution is 6.11. The summed E-state index contributed by atoms with van der Waals surface area (Å²) in [4.78, 5) is 15.0. The second kappa shape index (κ2) is 8.37. The molecule has 4 rings (SSSR count). The van der Waals surface area contributed by atoms with Gasteiger partial charge in [-0.1, -0.05) is 18.2 Å². The molecule has 1 N–H and O–H groups in total. The Kier molecular flexibility index (Phi) is 5.48. The number of ether oxygens (including phenoxy) is 3. The molecule has 0 aromatic heterocycles. The van der Waals surface area contributed by atoms with Crippen molar-refractivity contribution >= 4 is 17.3 Å². The fourth-order valence-electron chi connectivity index (χ4n) is 3.67. The van der Waals surface area contributed by atoms with Gasteiger partial charge in [-0.05, 0) is 49.4 Å². The minimum atomic E-state index is -0.396. The minimum absolute atomic E-state index is 0.0610. The van der Waals surface area contributed by atoms with Crippen LogP contribution >= 0.6 is 0 Å². The molecule has 3 aromatic rings. The number of fused-ring (bicyclic) bond motifs is 1. The van der Waals surface area contributed by atoms with Crippen LogP contribution in [-0.4, -0.2) is 26.7 Å². The first-order valence-electron chi connectivity index (χ1n) is 9.80. The molecule has 0 radical (unpaired) electrons. The fraction of sp³-hybridized carbons (Fsp3) is 0.208. The summed E-state index contributed by atoms with van der Waals surface area (Å²) in [6, 6.07) is 20.7. The Morgan fingerprint density at radius 2 is 1.67 bits per heavy atom. The quantitative estimate of drug-likeness (QED) is 0.609. The lowest BCUT2D eigenvalue weighted by atomic mass is 10.1. The normalized spacial score (nSPS) is 15.0. The fourth-order valence-corrected chi connectivity index (χ4v) is 3.67. The summed E-state index contributed by atoms with van der Waals surface area (Å²) >= 11 is 0. The standard InChI is InChI=1S/C24H24N2O4/c1-4-30-17-11-9-16(10-12-17)26-23(19-7-5-6-8-20(19)24(26)27)25-21-15-18(28-2)13-14-22(21)29-3/h5-15,23,25H,4H2,1-3H3. The number of rotatable bonds is 7. The first-order valence-corrected chi connectivity index (χ1v) is 9.80. The van der Waals surface area contributed by atoms with E-state index in [1.807, 2.05) is 73.7 Å². The molecule has 0 bridgehead atoms. The van der Waals surface area contributed by atoms with E-state index < -0.39 is 6.17 Å². The number of nitrogens with zero attached hydrogens (tertiary/aromatic N) is 1. The van der Waals surface area contributed by atoms with E-state index in [0.717, 1.165) is 22.7 Å². The van der Waals surface area contributed by atoms with E-state index in [4.69, 9.17) is 14.2 Å². The van der Waals surface area contributed by atoms with Crippen molar-refractivity contribution < 1.29 is 19.0 Å². The molecule has 1 heterocycles. The van der Waals surface area contributed by atoms with Crippen molar-refractivity contribution in [3.8, 4) is 17.2 Å². The van der Waals surface area contributed by atoms with Crippen LogP contribution in [0.25, 0.3) is 0 Å². The van der Waals surface area contributed by atoms with Crippen molar-refractivity contribution in [2.45, 2.75) is 13.1 Å². The van der Waals surface area contributed by atoms with E-state index in [1.165, 1.54) is 0 Å². The maximum absolute atomic E-state index is 13.3. The number of hydrogen-bond donors (Lipinski definition) is 1. The van der Waals surface area contributed by atoms with E-state index in [2.05, 4.69) is 5.32 Å². The van der Waals surface area contributed by atoms with Crippen molar-refractivity contribution in [1.82, 2.24) is 0 Å².